The van der Waals surface area contributed by atoms with E-state index in [0.29, 0.717) is 23.7 Å². The van der Waals surface area contributed by atoms with Gasteiger partial charge in [0, 0.05) is 54.8 Å². The van der Waals surface area contributed by atoms with Gasteiger partial charge in [-0.15, -0.1) is 0 Å². The van der Waals surface area contributed by atoms with Gasteiger partial charge in [0.15, 0.2) is 0 Å². The molecule has 0 aliphatic carbocycles. The van der Waals surface area contributed by atoms with Crippen LogP contribution in [0.4, 0.5) is 5.95 Å². The molecule has 2 heterocycles. The maximum Gasteiger partial charge on any atom is 0.254 e. The molecular weight excluding hydrogens is 360 g/mol. The zero-order valence-corrected chi connectivity index (χ0v) is 15.9. The fourth-order valence-corrected chi connectivity index (χ4v) is 3.54. The van der Waals surface area contributed by atoms with Crippen molar-refractivity contribution < 1.29 is 4.79 Å². The van der Waals surface area contributed by atoms with Gasteiger partial charge in [-0.25, -0.2) is 4.98 Å². The van der Waals surface area contributed by atoms with Crippen LogP contribution in [-0.4, -0.2) is 46.5 Å². The molecular formula is C21H21ClN4O. The van der Waals surface area contributed by atoms with Crippen molar-refractivity contribution >= 4 is 23.5 Å². The molecule has 0 radical (unpaired) electrons. The van der Waals surface area contributed by atoms with E-state index in [2.05, 4.69) is 45.6 Å². The quantitative estimate of drug-likeness (QED) is 0.694. The number of nitrogens with zero attached hydrogens (tertiary/aromatic N) is 4. The number of aryl methyl sites for hydroxylation is 1. The molecule has 1 aromatic heterocycles. The number of anilines is 1. The zero-order valence-electron chi connectivity index (χ0n) is 15.2. The lowest BCUT2D eigenvalue weighted by atomic mass is 10.2. The smallest absolute Gasteiger partial charge is 0.254 e. The lowest BCUT2D eigenvalue weighted by molar-refractivity contribution is 0.0746. The molecule has 4 rings (SSSR count). The molecule has 0 spiro atoms. The summed E-state index contributed by atoms with van der Waals surface area (Å²) >= 11 is 6.01. The van der Waals surface area contributed by atoms with E-state index < -0.39 is 0 Å². The summed E-state index contributed by atoms with van der Waals surface area (Å²) < 4.78 is 2.09. The second-order valence-corrected chi connectivity index (χ2v) is 7.16. The number of aromatic nitrogens is 2. The average molecular weight is 381 g/mol. The number of carbonyl (C=O) groups excluding carboxylic acids is 1. The van der Waals surface area contributed by atoms with Gasteiger partial charge in [0.1, 0.15) is 0 Å². The van der Waals surface area contributed by atoms with Crippen LogP contribution in [0.2, 0.25) is 5.02 Å². The number of piperazine rings is 1. The molecule has 1 aliphatic heterocycles. The topological polar surface area (TPSA) is 41.4 Å². The molecule has 0 bridgehead atoms. The lowest BCUT2D eigenvalue weighted by Crippen LogP contribution is -2.49. The SMILES string of the molecule is Cc1ccc(-n2ccnc2N2CCN(C(=O)c3cccc(Cl)c3)CC2)cc1. The van der Waals surface area contributed by atoms with E-state index in [9.17, 15) is 4.79 Å². The Morgan fingerprint density at radius 3 is 2.48 bits per heavy atom. The van der Waals surface area contributed by atoms with Crippen molar-refractivity contribution in [3.63, 3.8) is 0 Å². The number of halogens is 1. The molecule has 138 valence electrons. The summed E-state index contributed by atoms with van der Waals surface area (Å²) in [5.41, 5.74) is 2.95. The second-order valence-electron chi connectivity index (χ2n) is 6.72. The third-order valence-electron chi connectivity index (χ3n) is 4.85. The van der Waals surface area contributed by atoms with Crippen LogP contribution >= 0.6 is 11.6 Å². The van der Waals surface area contributed by atoms with Gasteiger partial charge in [0.05, 0.1) is 0 Å². The maximum absolute atomic E-state index is 12.7. The number of benzene rings is 2. The molecule has 2 aromatic carbocycles. The van der Waals surface area contributed by atoms with Gasteiger partial charge in [-0.2, -0.15) is 0 Å². The van der Waals surface area contributed by atoms with E-state index in [0.717, 1.165) is 24.7 Å². The molecule has 1 fully saturated rings. The third-order valence-corrected chi connectivity index (χ3v) is 5.09. The van der Waals surface area contributed by atoms with Crippen molar-refractivity contribution in [3.8, 4) is 5.69 Å². The van der Waals surface area contributed by atoms with E-state index in [4.69, 9.17) is 11.6 Å². The fraction of sp³-hybridized carbons (Fsp3) is 0.238. The van der Waals surface area contributed by atoms with Gasteiger partial charge in [0.25, 0.3) is 5.91 Å². The minimum absolute atomic E-state index is 0.0269. The average Bonchev–Trinajstić information content (AvgIpc) is 3.18. The maximum atomic E-state index is 12.7. The molecule has 27 heavy (non-hydrogen) atoms. The fourth-order valence-electron chi connectivity index (χ4n) is 3.35. The van der Waals surface area contributed by atoms with Crippen molar-refractivity contribution in [3.05, 3.63) is 77.1 Å². The lowest BCUT2D eigenvalue weighted by Gasteiger charge is -2.35. The first-order chi connectivity index (χ1) is 13.1. The van der Waals surface area contributed by atoms with E-state index in [-0.39, 0.29) is 5.91 Å². The summed E-state index contributed by atoms with van der Waals surface area (Å²) in [5, 5.41) is 0.583. The minimum atomic E-state index is 0.0269. The Morgan fingerprint density at radius 2 is 1.78 bits per heavy atom. The predicted molar refractivity (Wildman–Crippen MR) is 108 cm³/mol. The van der Waals surface area contributed by atoms with Crippen LogP contribution in [0.1, 0.15) is 15.9 Å². The van der Waals surface area contributed by atoms with Crippen molar-refractivity contribution in [1.82, 2.24) is 14.5 Å². The summed E-state index contributed by atoms with van der Waals surface area (Å²) in [4.78, 5) is 21.3. The minimum Gasteiger partial charge on any atom is -0.338 e. The van der Waals surface area contributed by atoms with Crippen LogP contribution in [0.25, 0.3) is 5.69 Å². The van der Waals surface area contributed by atoms with Gasteiger partial charge in [0.2, 0.25) is 5.95 Å². The predicted octanol–water partition coefficient (Wildman–Crippen LogP) is 3.80. The standard InChI is InChI=1S/C21H21ClN4O/c1-16-5-7-19(8-6-16)26-10-9-23-21(26)25-13-11-24(12-14-25)20(27)17-3-2-4-18(22)15-17/h2-10,15H,11-14H2,1H3. The Kier molecular flexibility index (Phi) is 4.86. The molecule has 0 atom stereocenters. The Morgan fingerprint density at radius 1 is 1.04 bits per heavy atom. The molecule has 1 amide bonds. The molecule has 1 saturated heterocycles. The second kappa shape index (κ2) is 7.45. The van der Waals surface area contributed by atoms with E-state index >= 15 is 0 Å². The Balaban J connectivity index is 1.47. The van der Waals surface area contributed by atoms with Crippen molar-refractivity contribution in [2.75, 3.05) is 31.1 Å². The first-order valence-corrected chi connectivity index (χ1v) is 9.40. The molecule has 6 heteroatoms. The Bertz CT molecular complexity index is 943. The van der Waals surface area contributed by atoms with E-state index in [1.165, 1.54) is 5.56 Å². The van der Waals surface area contributed by atoms with Gasteiger partial charge in [-0.3, -0.25) is 9.36 Å². The summed E-state index contributed by atoms with van der Waals surface area (Å²) in [6, 6.07) is 15.5. The van der Waals surface area contributed by atoms with Gasteiger partial charge in [-0.05, 0) is 37.3 Å². The molecule has 0 N–H and O–H groups in total. The number of imidazole rings is 1. The number of carbonyl (C=O) groups is 1. The molecule has 1 aliphatic rings. The van der Waals surface area contributed by atoms with Crippen molar-refractivity contribution in [2.45, 2.75) is 6.92 Å². The van der Waals surface area contributed by atoms with Crippen LogP contribution in [0.15, 0.2) is 60.9 Å². The first kappa shape index (κ1) is 17.6. The highest BCUT2D eigenvalue weighted by Crippen LogP contribution is 2.21. The number of hydrogen-bond donors (Lipinski definition) is 0. The summed E-state index contributed by atoms with van der Waals surface area (Å²) in [5.74, 6) is 0.938. The number of hydrogen-bond acceptors (Lipinski definition) is 3. The Hall–Kier alpha value is -2.79. The molecule has 5 nitrogen and oxygen atoms in total. The number of amides is 1. The van der Waals surface area contributed by atoms with Gasteiger partial charge < -0.3 is 9.80 Å². The number of rotatable bonds is 3. The highest BCUT2D eigenvalue weighted by atomic mass is 35.5. The van der Waals surface area contributed by atoms with Crippen LogP contribution in [0, 0.1) is 6.92 Å². The van der Waals surface area contributed by atoms with Crippen LogP contribution in [-0.2, 0) is 0 Å². The normalized spacial score (nSPS) is 14.4. The Labute approximate surface area is 163 Å². The third kappa shape index (κ3) is 3.69. The van der Waals surface area contributed by atoms with Gasteiger partial charge >= 0.3 is 0 Å². The summed E-state index contributed by atoms with van der Waals surface area (Å²) in [6.07, 6.45) is 3.79. The van der Waals surface area contributed by atoms with Crippen molar-refractivity contribution in [1.29, 1.82) is 0 Å². The van der Waals surface area contributed by atoms with Crippen LogP contribution in [0.3, 0.4) is 0 Å². The highest BCUT2D eigenvalue weighted by molar-refractivity contribution is 6.30. The van der Waals surface area contributed by atoms with Crippen LogP contribution < -0.4 is 4.90 Å². The van der Waals surface area contributed by atoms with Crippen molar-refractivity contribution in [2.24, 2.45) is 0 Å². The van der Waals surface area contributed by atoms with Gasteiger partial charge in [-0.1, -0.05) is 35.4 Å². The summed E-state index contributed by atoms with van der Waals surface area (Å²) in [6.45, 7) is 4.89. The highest BCUT2D eigenvalue weighted by Gasteiger charge is 2.24. The largest absolute Gasteiger partial charge is 0.338 e. The van der Waals surface area contributed by atoms with E-state index in [1.807, 2.05) is 29.4 Å². The van der Waals surface area contributed by atoms with E-state index in [1.54, 1.807) is 12.1 Å². The molecule has 0 unspecified atom stereocenters. The molecule has 0 saturated carbocycles. The monoisotopic (exact) mass is 380 g/mol. The molecule has 3 aromatic rings. The van der Waals surface area contributed by atoms with Crippen LogP contribution in [0.5, 0.6) is 0 Å². The summed E-state index contributed by atoms with van der Waals surface area (Å²) in [7, 11) is 0. The zero-order chi connectivity index (χ0) is 18.8. The first-order valence-electron chi connectivity index (χ1n) is 9.02.